The van der Waals surface area contributed by atoms with Crippen LogP contribution >= 0.6 is 15.9 Å². The Morgan fingerprint density at radius 2 is 2.25 bits per heavy atom. The highest BCUT2D eigenvalue weighted by atomic mass is 79.9. The molecule has 2 rings (SSSR count). The van der Waals surface area contributed by atoms with Crippen LogP contribution in [-0.2, 0) is 6.42 Å². The number of nitro groups is 1. The SMILES string of the molecule is O=[N+]([O-])c1cc(Br)ccc1CC1(O)CNC1. The summed E-state index contributed by atoms with van der Waals surface area (Å²) in [6.07, 6.45) is 0.309. The van der Waals surface area contributed by atoms with E-state index in [1.165, 1.54) is 6.07 Å². The average molecular weight is 287 g/mol. The predicted octanol–water partition coefficient (Wildman–Crippen LogP) is 1.23. The molecule has 6 heteroatoms. The summed E-state index contributed by atoms with van der Waals surface area (Å²) < 4.78 is 0.668. The molecule has 5 nitrogen and oxygen atoms in total. The number of nitrogens with one attached hydrogen (secondary N) is 1. The largest absolute Gasteiger partial charge is 0.387 e. The summed E-state index contributed by atoms with van der Waals surface area (Å²) in [6.45, 7) is 0.973. The molecule has 0 spiro atoms. The Labute approximate surface area is 101 Å². The second kappa shape index (κ2) is 4.12. The van der Waals surface area contributed by atoms with Gasteiger partial charge in [0.15, 0.2) is 0 Å². The fourth-order valence-electron chi connectivity index (χ4n) is 1.75. The third kappa shape index (κ3) is 2.23. The number of β-amino-alcohol motifs (C(OH)–C–C–N with tert-alkyl or cyclic N) is 1. The van der Waals surface area contributed by atoms with Gasteiger partial charge in [0.05, 0.1) is 10.5 Å². The molecule has 0 atom stereocenters. The molecule has 1 heterocycles. The molecule has 0 bridgehead atoms. The smallest absolute Gasteiger partial charge is 0.273 e. The second-order valence-corrected chi connectivity index (χ2v) is 4.95. The monoisotopic (exact) mass is 286 g/mol. The van der Waals surface area contributed by atoms with Gasteiger partial charge in [-0.2, -0.15) is 0 Å². The van der Waals surface area contributed by atoms with Crippen molar-refractivity contribution in [2.24, 2.45) is 0 Å². The first-order valence-electron chi connectivity index (χ1n) is 4.86. The fourth-order valence-corrected chi connectivity index (χ4v) is 2.10. The summed E-state index contributed by atoms with van der Waals surface area (Å²) in [5, 5.41) is 23.7. The van der Waals surface area contributed by atoms with E-state index in [0.717, 1.165) is 0 Å². The van der Waals surface area contributed by atoms with Crippen molar-refractivity contribution in [2.75, 3.05) is 13.1 Å². The topological polar surface area (TPSA) is 75.4 Å². The molecular weight excluding hydrogens is 276 g/mol. The Bertz CT molecular complexity index is 432. The highest BCUT2D eigenvalue weighted by molar-refractivity contribution is 9.10. The maximum Gasteiger partial charge on any atom is 0.273 e. The number of nitrogens with zero attached hydrogens (tertiary/aromatic N) is 1. The molecule has 16 heavy (non-hydrogen) atoms. The van der Waals surface area contributed by atoms with Gasteiger partial charge >= 0.3 is 0 Å². The normalized spacial score (nSPS) is 17.9. The first kappa shape index (κ1) is 11.5. The van der Waals surface area contributed by atoms with E-state index in [4.69, 9.17) is 0 Å². The predicted molar refractivity (Wildman–Crippen MR) is 62.3 cm³/mol. The van der Waals surface area contributed by atoms with Gasteiger partial charge < -0.3 is 10.4 Å². The van der Waals surface area contributed by atoms with Crippen LogP contribution in [0.25, 0.3) is 0 Å². The van der Waals surface area contributed by atoms with Gasteiger partial charge in [0.1, 0.15) is 0 Å². The van der Waals surface area contributed by atoms with E-state index in [0.29, 0.717) is 29.5 Å². The molecule has 1 fully saturated rings. The number of hydrogen-bond donors (Lipinski definition) is 2. The van der Waals surface area contributed by atoms with Crippen LogP contribution in [0.3, 0.4) is 0 Å². The minimum absolute atomic E-state index is 0.0506. The van der Waals surface area contributed by atoms with Crippen molar-refractivity contribution >= 4 is 21.6 Å². The van der Waals surface area contributed by atoms with Gasteiger partial charge in [-0.1, -0.05) is 22.0 Å². The molecule has 0 unspecified atom stereocenters. The number of nitro benzene ring substituents is 1. The van der Waals surface area contributed by atoms with Crippen LogP contribution in [0.4, 0.5) is 5.69 Å². The van der Waals surface area contributed by atoms with Crippen LogP contribution in [0.2, 0.25) is 0 Å². The van der Waals surface area contributed by atoms with Gasteiger partial charge in [-0.25, -0.2) is 0 Å². The number of halogens is 1. The third-order valence-electron chi connectivity index (χ3n) is 2.67. The van der Waals surface area contributed by atoms with Crippen molar-refractivity contribution in [3.63, 3.8) is 0 Å². The van der Waals surface area contributed by atoms with Crippen molar-refractivity contribution in [1.29, 1.82) is 0 Å². The van der Waals surface area contributed by atoms with Crippen molar-refractivity contribution in [2.45, 2.75) is 12.0 Å². The van der Waals surface area contributed by atoms with E-state index in [1.807, 2.05) is 0 Å². The first-order valence-corrected chi connectivity index (χ1v) is 5.65. The quantitative estimate of drug-likeness (QED) is 0.647. The zero-order chi connectivity index (χ0) is 11.8. The summed E-state index contributed by atoms with van der Waals surface area (Å²) in [5.74, 6) is 0. The first-order chi connectivity index (χ1) is 7.50. The van der Waals surface area contributed by atoms with Gasteiger partial charge in [0.2, 0.25) is 0 Å². The number of rotatable bonds is 3. The van der Waals surface area contributed by atoms with Gasteiger partial charge in [-0.15, -0.1) is 0 Å². The lowest BCUT2D eigenvalue weighted by Crippen LogP contribution is -2.60. The summed E-state index contributed by atoms with van der Waals surface area (Å²) >= 11 is 3.20. The fraction of sp³-hybridized carbons (Fsp3) is 0.400. The lowest BCUT2D eigenvalue weighted by Gasteiger charge is -2.37. The Morgan fingerprint density at radius 1 is 1.56 bits per heavy atom. The lowest BCUT2D eigenvalue weighted by molar-refractivity contribution is -0.385. The Morgan fingerprint density at radius 3 is 2.75 bits per heavy atom. The molecule has 1 saturated heterocycles. The average Bonchev–Trinajstić information content (AvgIpc) is 2.18. The molecule has 0 aromatic heterocycles. The van der Waals surface area contributed by atoms with Crippen LogP contribution in [0.5, 0.6) is 0 Å². The van der Waals surface area contributed by atoms with Gasteiger partial charge in [0, 0.05) is 35.6 Å². The Hall–Kier alpha value is -0.980. The molecule has 0 amide bonds. The molecular formula is C10H11BrN2O3. The van der Waals surface area contributed by atoms with Gasteiger partial charge in [-0.05, 0) is 6.07 Å². The Balaban J connectivity index is 2.29. The van der Waals surface area contributed by atoms with Gasteiger partial charge in [0.25, 0.3) is 5.69 Å². The minimum atomic E-state index is -0.835. The highest BCUT2D eigenvalue weighted by Crippen LogP contribution is 2.28. The standard InChI is InChI=1S/C10H11BrN2O3/c11-8-2-1-7(9(3-8)13(15)16)4-10(14)5-12-6-10/h1-3,12,14H,4-6H2. The van der Waals surface area contributed by atoms with E-state index >= 15 is 0 Å². The van der Waals surface area contributed by atoms with E-state index in [9.17, 15) is 15.2 Å². The zero-order valence-corrected chi connectivity index (χ0v) is 10.0. The van der Waals surface area contributed by atoms with Crippen LogP contribution in [0.15, 0.2) is 22.7 Å². The van der Waals surface area contributed by atoms with Crippen LogP contribution < -0.4 is 5.32 Å². The third-order valence-corrected chi connectivity index (χ3v) is 3.16. The summed E-state index contributed by atoms with van der Waals surface area (Å²) in [6, 6.07) is 4.89. The molecule has 2 N–H and O–H groups in total. The maximum atomic E-state index is 10.9. The van der Waals surface area contributed by atoms with Crippen molar-refractivity contribution in [1.82, 2.24) is 5.32 Å². The molecule has 0 aliphatic carbocycles. The molecule has 0 saturated carbocycles. The summed E-state index contributed by atoms with van der Waals surface area (Å²) in [7, 11) is 0. The zero-order valence-electron chi connectivity index (χ0n) is 8.44. The van der Waals surface area contributed by atoms with Crippen molar-refractivity contribution in [3.05, 3.63) is 38.3 Å². The molecule has 1 aliphatic heterocycles. The molecule has 0 radical (unpaired) electrons. The summed E-state index contributed by atoms with van der Waals surface area (Å²) in [4.78, 5) is 10.4. The number of benzene rings is 1. The van der Waals surface area contributed by atoms with E-state index < -0.39 is 10.5 Å². The van der Waals surface area contributed by atoms with Crippen LogP contribution in [0, 0.1) is 10.1 Å². The van der Waals surface area contributed by atoms with Crippen molar-refractivity contribution < 1.29 is 10.0 Å². The molecule has 1 aromatic rings. The van der Waals surface area contributed by atoms with Crippen LogP contribution in [-0.4, -0.2) is 28.7 Å². The lowest BCUT2D eigenvalue weighted by atomic mass is 9.88. The molecule has 1 aliphatic rings. The number of hydrogen-bond acceptors (Lipinski definition) is 4. The minimum Gasteiger partial charge on any atom is -0.387 e. The van der Waals surface area contributed by atoms with E-state index in [2.05, 4.69) is 21.2 Å². The number of aliphatic hydroxyl groups is 1. The van der Waals surface area contributed by atoms with E-state index in [-0.39, 0.29) is 5.69 Å². The Kier molecular flexibility index (Phi) is 2.96. The highest BCUT2D eigenvalue weighted by Gasteiger charge is 2.36. The van der Waals surface area contributed by atoms with E-state index in [1.54, 1.807) is 12.1 Å². The molecule has 1 aromatic carbocycles. The molecule has 86 valence electrons. The summed E-state index contributed by atoms with van der Waals surface area (Å²) in [5.41, 5.74) is -0.217. The van der Waals surface area contributed by atoms with Gasteiger partial charge in [-0.3, -0.25) is 10.1 Å². The van der Waals surface area contributed by atoms with Crippen LogP contribution in [0.1, 0.15) is 5.56 Å². The maximum absolute atomic E-state index is 10.9. The van der Waals surface area contributed by atoms with Crippen molar-refractivity contribution in [3.8, 4) is 0 Å². The second-order valence-electron chi connectivity index (χ2n) is 4.03.